The van der Waals surface area contributed by atoms with Gasteiger partial charge in [-0.15, -0.1) is 5.10 Å². The van der Waals surface area contributed by atoms with Gasteiger partial charge in [-0.2, -0.15) is 5.10 Å². The number of carbonyl (C=O) groups excluding carboxylic acids is 1. The molecule has 140 valence electrons. The van der Waals surface area contributed by atoms with Crippen molar-refractivity contribution in [1.29, 1.82) is 0 Å². The fourth-order valence-electron chi connectivity index (χ4n) is 3.66. The van der Waals surface area contributed by atoms with E-state index >= 15 is 0 Å². The molecule has 1 aliphatic rings. The van der Waals surface area contributed by atoms with E-state index in [1.807, 2.05) is 49.3 Å². The molecular formula is C19H23N7O. The van der Waals surface area contributed by atoms with Crippen molar-refractivity contribution in [1.82, 2.24) is 24.8 Å². The minimum atomic E-state index is -0.128. The van der Waals surface area contributed by atoms with Gasteiger partial charge in [0.15, 0.2) is 5.69 Å². The molecule has 4 rings (SSSR count). The van der Waals surface area contributed by atoms with Crippen molar-refractivity contribution in [3.8, 4) is 5.69 Å². The van der Waals surface area contributed by atoms with Crippen LogP contribution in [-0.2, 0) is 7.05 Å². The van der Waals surface area contributed by atoms with Crippen LogP contribution in [0.1, 0.15) is 23.1 Å². The monoisotopic (exact) mass is 365 g/mol. The van der Waals surface area contributed by atoms with Crippen molar-refractivity contribution < 1.29 is 4.79 Å². The standard InChI is InChI=1S/C19H23N7O/c1-13-10-23(3)16-7-5-6-8-17(16)25(11-13)19(27)18-14(2)26(22-21-18)15-9-20-24(4)12-15/h5-9,12-13H,10-11H2,1-4H3. The third kappa shape index (κ3) is 2.97. The summed E-state index contributed by atoms with van der Waals surface area (Å²) in [6, 6.07) is 8.00. The van der Waals surface area contributed by atoms with E-state index in [9.17, 15) is 4.79 Å². The lowest BCUT2D eigenvalue weighted by Crippen LogP contribution is -2.35. The quantitative estimate of drug-likeness (QED) is 0.695. The number of aromatic nitrogens is 5. The molecule has 3 aromatic rings. The first kappa shape index (κ1) is 17.3. The first-order valence-electron chi connectivity index (χ1n) is 8.99. The maximum atomic E-state index is 13.4. The summed E-state index contributed by atoms with van der Waals surface area (Å²) in [6.07, 6.45) is 3.54. The zero-order valence-corrected chi connectivity index (χ0v) is 16.0. The van der Waals surface area contributed by atoms with Crippen LogP contribution in [0.3, 0.4) is 0 Å². The molecule has 0 spiro atoms. The second kappa shape index (κ2) is 6.53. The lowest BCUT2D eigenvalue weighted by Gasteiger charge is -2.24. The molecule has 1 aliphatic heterocycles. The number of rotatable bonds is 2. The Morgan fingerprint density at radius 3 is 2.59 bits per heavy atom. The van der Waals surface area contributed by atoms with Crippen molar-refractivity contribution in [2.75, 3.05) is 29.9 Å². The molecule has 0 N–H and O–H groups in total. The Morgan fingerprint density at radius 2 is 1.89 bits per heavy atom. The van der Waals surface area contributed by atoms with Gasteiger partial charge in [0.05, 0.1) is 29.5 Å². The van der Waals surface area contributed by atoms with E-state index in [4.69, 9.17) is 0 Å². The molecule has 1 unspecified atom stereocenters. The summed E-state index contributed by atoms with van der Waals surface area (Å²) in [5.74, 6) is 0.206. The Hall–Kier alpha value is -3.16. The number of benzene rings is 1. The van der Waals surface area contributed by atoms with Crippen LogP contribution >= 0.6 is 0 Å². The number of carbonyl (C=O) groups is 1. The smallest absolute Gasteiger partial charge is 0.280 e. The molecule has 0 aliphatic carbocycles. The van der Waals surface area contributed by atoms with E-state index in [1.54, 1.807) is 15.6 Å². The van der Waals surface area contributed by atoms with Gasteiger partial charge in [-0.05, 0) is 25.0 Å². The largest absolute Gasteiger partial charge is 0.373 e. The van der Waals surface area contributed by atoms with E-state index in [1.165, 1.54) is 0 Å². The van der Waals surface area contributed by atoms with Crippen molar-refractivity contribution in [2.24, 2.45) is 13.0 Å². The van der Waals surface area contributed by atoms with Crippen molar-refractivity contribution in [3.63, 3.8) is 0 Å². The minimum absolute atomic E-state index is 0.128. The lowest BCUT2D eigenvalue weighted by molar-refractivity contribution is 0.0979. The van der Waals surface area contributed by atoms with Crippen LogP contribution in [-0.4, -0.2) is 50.8 Å². The summed E-state index contributed by atoms with van der Waals surface area (Å²) in [7, 11) is 3.90. The Morgan fingerprint density at radius 1 is 1.15 bits per heavy atom. The van der Waals surface area contributed by atoms with Crippen LogP contribution in [0.15, 0.2) is 36.7 Å². The van der Waals surface area contributed by atoms with Gasteiger partial charge in [0.25, 0.3) is 5.91 Å². The highest BCUT2D eigenvalue weighted by Gasteiger charge is 2.30. The van der Waals surface area contributed by atoms with Gasteiger partial charge in [-0.25, -0.2) is 4.68 Å². The number of aryl methyl sites for hydroxylation is 1. The van der Waals surface area contributed by atoms with Crippen LogP contribution in [0.4, 0.5) is 11.4 Å². The number of anilines is 2. The molecule has 0 bridgehead atoms. The van der Waals surface area contributed by atoms with E-state index in [0.29, 0.717) is 23.9 Å². The number of para-hydroxylation sites is 2. The maximum absolute atomic E-state index is 13.4. The van der Waals surface area contributed by atoms with E-state index in [2.05, 4.69) is 34.3 Å². The predicted octanol–water partition coefficient (Wildman–Crippen LogP) is 2.04. The number of hydrogen-bond donors (Lipinski definition) is 0. The summed E-state index contributed by atoms with van der Waals surface area (Å²) in [5, 5.41) is 12.5. The first-order chi connectivity index (χ1) is 13.0. The number of amides is 1. The van der Waals surface area contributed by atoms with Gasteiger partial charge in [-0.1, -0.05) is 24.3 Å². The number of nitrogens with zero attached hydrogens (tertiary/aromatic N) is 7. The molecule has 0 fully saturated rings. The summed E-state index contributed by atoms with van der Waals surface area (Å²) >= 11 is 0. The molecule has 3 heterocycles. The van der Waals surface area contributed by atoms with E-state index in [0.717, 1.165) is 23.6 Å². The molecule has 1 amide bonds. The fourth-order valence-corrected chi connectivity index (χ4v) is 3.66. The third-order valence-corrected chi connectivity index (χ3v) is 4.94. The molecular weight excluding hydrogens is 342 g/mol. The van der Waals surface area contributed by atoms with E-state index in [-0.39, 0.29) is 5.91 Å². The lowest BCUT2D eigenvalue weighted by atomic mass is 10.1. The molecule has 2 aromatic heterocycles. The Balaban J connectivity index is 1.74. The molecule has 0 saturated heterocycles. The zero-order chi connectivity index (χ0) is 19.1. The van der Waals surface area contributed by atoms with Crippen LogP contribution in [0.25, 0.3) is 5.69 Å². The number of hydrogen-bond acceptors (Lipinski definition) is 5. The Kier molecular flexibility index (Phi) is 4.18. The Bertz CT molecular complexity index is 990. The summed E-state index contributed by atoms with van der Waals surface area (Å²) < 4.78 is 3.35. The zero-order valence-electron chi connectivity index (χ0n) is 16.0. The highest BCUT2D eigenvalue weighted by atomic mass is 16.2. The summed E-state index contributed by atoms with van der Waals surface area (Å²) in [5.41, 5.74) is 3.81. The number of fused-ring (bicyclic) bond motifs is 1. The third-order valence-electron chi connectivity index (χ3n) is 4.94. The predicted molar refractivity (Wildman–Crippen MR) is 103 cm³/mol. The normalized spacial score (nSPS) is 17.0. The van der Waals surface area contributed by atoms with Gasteiger partial charge in [0, 0.05) is 27.2 Å². The average Bonchev–Trinajstić information content (AvgIpc) is 3.21. The molecule has 1 atom stereocenters. The van der Waals surface area contributed by atoms with Gasteiger partial charge in [0.2, 0.25) is 0 Å². The van der Waals surface area contributed by atoms with Crippen molar-refractivity contribution in [2.45, 2.75) is 13.8 Å². The van der Waals surface area contributed by atoms with Crippen LogP contribution in [0, 0.1) is 12.8 Å². The minimum Gasteiger partial charge on any atom is -0.373 e. The van der Waals surface area contributed by atoms with Gasteiger partial charge in [0.1, 0.15) is 5.69 Å². The van der Waals surface area contributed by atoms with Gasteiger partial charge in [-0.3, -0.25) is 9.48 Å². The fraction of sp³-hybridized carbons (Fsp3) is 0.368. The molecule has 27 heavy (non-hydrogen) atoms. The van der Waals surface area contributed by atoms with Crippen molar-refractivity contribution >= 4 is 17.3 Å². The molecule has 0 radical (unpaired) electrons. The molecule has 0 saturated carbocycles. The molecule has 1 aromatic carbocycles. The summed E-state index contributed by atoms with van der Waals surface area (Å²) in [4.78, 5) is 17.4. The first-order valence-corrected chi connectivity index (χ1v) is 8.99. The van der Waals surface area contributed by atoms with Crippen LogP contribution in [0.5, 0.6) is 0 Å². The summed E-state index contributed by atoms with van der Waals surface area (Å²) in [6.45, 7) is 5.54. The molecule has 8 nitrogen and oxygen atoms in total. The van der Waals surface area contributed by atoms with Crippen LogP contribution in [0.2, 0.25) is 0 Å². The highest BCUT2D eigenvalue weighted by molar-refractivity contribution is 6.07. The van der Waals surface area contributed by atoms with Gasteiger partial charge >= 0.3 is 0 Å². The van der Waals surface area contributed by atoms with Crippen molar-refractivity contribution in [3.05, 3.63) is 48.0 Å². The topological polar surface area (TPSA) is 72.1 Å². The SMILES string of the molecule is Cc1c(C(=O)N2CC(C)CN(C)c3ccccc32)nnn1-c1cnn(C)c1. The second-order valence-electron chi connectivity index (χ2n) is 7.20. The van der Waals surface area contributed by atoms with Gasteiger partial charge < -0.3 is 9.80 Å². The van der Waals surface area contributed by atoms with E-state index < -0.39 is 0 Å². The highest BCUT2D eigenvalue weighted by Crippen LogP contribution is 2.33. The Labute approximate surface area is 158 Å². The second-order valence-corrected chi connectivity index (χ2v) is 7.20. The average molecular weight is 365 g/mol. The maximum Gasteiger partial charge on any atom is 0.280 e. The van der Waals surface area contributed by atoms with Crippen LogP contribution < -0.4 is 9.80 Å². The molecule has 8 heteroatoms.